The maximum atomic E-state index is 11.4. The number of carbonyl (C=O) groups excluding carboxylic acids is 1. The fourth-order valence-corrected chi connectivity index (χ4v) is 1.85. The number of carboxylic acids is 1. The lowest BCUT2D eigenvalue weighted by Gasteiger charge is -2.09. The molecule has 1 N–H and O–H groups in total. The Hall–Kier alpha value is -1.56. The number of carbonyl (C=O) groups is 2. The lowest BCUT2D eigenvalue weighted by Crippen LogP contribution is -2.16. The van der Waals surface area contributed by atoms with Crippen molar-refractivity contribution in [2.24, 2.45) is 0 Å². The molecule has 0 radical (unpaired) electrons. The first kappa shape index (κ1) is 13.5. The molecule has 1 aromatic rings. The second-order valence-corrected chi connectivity index (χ2v) is 4.56. The van der Waals surface area contributed by atoms with E-state index in [1.165, 1.54) is 24.0 Å². The summed E-state index contributed by atoms with van der Waals surface area (Å²) in [6.45, 7) is 3.81. The van der Waals surface area contributed by atoms with Crippen LogP contribution in [0.1, 0.15) is 24.2 Å². The molecule has 1 heterocycles. The third-order valence-electron chi connectivity index (χ3n) is 1.90. The largest absolute Gasteiger partial charge is 0.478 e. The van der Waals surface area contributed by atoms with Crippen molar-refractivity contribution >= 4 is 23.7 Å². The Balaban J connectivity index is 2.63. The molecule has 0 bridgehead atoms. The molecule has 1 atom stereocenters. The number of thioether (sulfide) groups is 1. The smallest absolute Gasteiger partial charge is 0.337 e. The van der Waals surface area contributed by atoms with Crippen molar-refractivity contribution in [3.8, 4) is 0 Å². The number of pyridine rings is 1. The van der Waals surface area contributed by atoms with Gasteiger partial charge in [0.25, 0.3) is 0 Å². The van der Waals surface area contributed by atoms with Crippen molar-refractivity contribution in [3.63, 3.8) is 0 Å². The summed E-state index contributed by atoms with van der Waals surface area (Å²) in [6, 6.07) is 3.03. The number of esters is 1. The molecule has 0 amide bonds. The van der Waals surface area contributed by atoms with E-state index in [-0.39, 0.29) is 16.8 Å². The predicted molar refractivity (Wildman–Crippen MR) is 63.1 cm³/mol. The van der Waals surface area contributed by atoms with Crippen molar-refractivity contribution in [1.82, 2.24) is 4.98 Å². The summed E-state index contributed by atoms with van der Waals surface area (Å²) in [7, 11) is 0. The molecule has 0 saturated carbocycles. The molecule has 0 aliphatic carbocycles. The highest BCUT2D eigenvalue weighted by atomic mass is 32.2. The van der Waals surface area contributed by atoms with Crippen LogP contribution >= 0.6 is 11.8 Å². The van der Waals surface area contributed by atoms with Gasteiger partial charge in [-0.25, -0.2) is 9.78 Å². The second-order valence-electron chi connectivity index (χ2n) is 3.20. The van der Waals surface area contributed by atoms with Crippen LogP contribution in [-0.4, -0.2) is 33.9 Å². The van der Waals surface area contributed by atoms with E-state index in [0.717, 1.165) is 0 Å². The van der Waals surface area contributed by atoms with Gasteiger partial charge in [-0.05, 0) is 26.0 Å². The highest BCUT2D eigenvalue weighted by Crippen LogP contribution is 2.21. The molecule has 1 rings (SSSR count). The highest BCUT2D eigenvalue weighted by Gasteiger charge is 2.16. The number of nitrogens with zero attached hydrogens (tertiary/aromatic N) is 1. The maximum Gasteiger partial charge on any atom is 0.337 e. The molecular formula is C11H13NO4S. The Morgan fingerprint density at radius 3 is 2.71 bits per heavy atom. The van der Waals surface area contributed by atoms with Crippen LogP contribution in [0.4, 0.5) is 0 Å². The normalized spacial score (nSPS) is 11.9. The van der Waals surface area contributed by atoms with Crippen molar-refractivity contribution < 1.29 is 19.4 Å². The van der Waals surface area contributed by atoms with Crippen LogP contribution in [0.15, 0.2) is 23.4 Å². The fourth-order valence-electron chi connectivity index (χ4n) is 1.07. The van der Waals surface area contributed by atoms with Crippen LogP contribution < -0.4 is 0 Å². The maximum absolute atomic E-state index is 11.4. The summed E-state index contributed by atoms with van der Waals surface area (Å²) in [5.74, 6) is -1.32. The molecule has 0 aliphatic rings. The molecular weight excluding hydrogens is 242 g/mol. The Bertz CT molecular complexity index is 404. The van der Waals surface area contributed by atoms with Gasteiger partial charge in [0.05, 0.1) is 17.2 Å². The average molecular weight is 255 g/mol. The van der Waals surface area contributed by atoms with Gasteiger partial charge in [0, 0.05) is 6.20 Å². The van der Waals surface area contributed by atoms with E-state index in [2.05, 4.69) is 4.98 Å². The quantitative estimate of drug-likeness (QED) is 0.639. The molecule has 92 valence electrons. The average Bonchev–Trinajstić information content (AvgIpc) is 2.30. The van der Waals surface area contributed by atoms with Gasteiger partial charge in [0.2, 0.25) is 0 Å². The first-order valence-electron chi connectivity index (χ1n) is 5.07. The lowest BCUT2D eigenvalue weighted by atomic mass is 10.3. The van der Waals surface area contributed by atoms with Gasteiger partial charge in [-0.3, -0.25) is 4.79 Å². The molecule has 17 heavy (non-hydrogen) atoms. The van der Waals surface area contributed by atoms with Gasteiger partial charge < -0.3 is 9.84 Å². The molecule has 0 saturated heterocycles. The van der Waals surface area contributed by atoms with E-state index in [4.69, 9.17) is 9.84 Å². The van der Waals surface area contributed by atoms with Crippen molar-refractivity contribution in [2.75, 3.05) is 6.61 Å². The summed E-state index contributed by atoms with van der Waals surface area (Å²) in [5, 5.41) is 8.93. The topological polar surface area (TPSA) is 76.5 Å². The van der Waals surface area contributed by atoms with Crippen LogP contribution in [0, 0.1) is 0 Å². The number of hydrogen-bond donors (Lipinski definition) is 1. The summed E-state index contributed by atoms with van der Waals surface area (Å²) >= 11 is 1.23. The van der Waals surface area contributed by atoms with Gasteiger partial charge in [-0.1, -0.05) is 11.8 Å². The van der Waals surface area contributed by atoms with E-state index in [0.29, 0.717) is 11.6 Å². The van der Waals surface area contributed by atoms with Crippen molar-refractivity contribution in [2.45, 2.75) is 24.1 Å². The minimum Gasteiger partial charge on any atom is -0.478 e. The van der Waals surface area contributed by atoms with Crippen LogP contribution in [0.25, 0.3) is 0 Å². The van der Waals surface area contributed by atoms with Gasteiger partial charge in [0.1, 0.15) is 5.25 Å². The molecule has 1 aromatic heterocycles. The van der Waals surface area contributed by atoms with Gasteiger partial charge >= 0.3 is 11.9 Å². The number of aromatic nitrogens is 1. The molecule has 0 fully saturated rings. The Labute approximate surface area is 103 Å². The summed E-state index contributed by atoms with van der Waals surface area (Å²) in [4.78, 5) is 25.9. The summed E-state index contributed by atoms with van der Waals surface area (Å²) in [6.07, 6.45) is 1.27. The SMILES string of the molecule is CCOC(=O)C(C)Sc1ccc(C(=O)O)cn1. The minimum atomic E-state index is -1.02. The Kier molecular flexibility index (Phi) is 4.96. The molecule has 0 aliphatic heterocycles. The van der Waals surface area contributed by atoms with E-state index in [1.807, 2.05) is 0 Å². The number of hydrogen-bond acceptors (Lipinski definition) is 5. The van der Waals surface area contributed by atoms with E-state index in [9.17, 15) is 9.59 Å². The van der Waals surface area contributed by atoms with Crippen molar-refractivity contribution in [1.29, 1.82) is 0 Å². The van der Waals surface area contributed by atoms with Crippen LogP contribution in [0.3, 0.4) is 0 Å². The predicted octanol–water partition coefficient (Wildman–Crippen LogP) is 1.82. The number of aromatic carboxylic acids is 1. The number of ether oxygens (including phenoxy) is 1. The molecule has 0 aromatic carbocycles. The highest BCUT2D eigenvalue weighted by molar-refractivity contribution is 8.00. The first-order valence-corrected chi connectivity index (χ1v) is 5.95. The molecule has 0 spiro atoms. The number of carboxylic acid groups (broad SMARTS) is 1. The van der Waals surface area contributed by atoms with Crippen LogP contribution in [-0.2, 0) is 9.53 Å². The first-order chi connectivity index (χ1) is 8.04. The zero-order valence-electron chi connectivity index (χ0n) is 9.54. The van der Waals surface area contributed by atoms with E-state index >= 15 is 0 Å². The van der Waals surface area contributed by atoms with Gasteiger partial charge in [-0.15, -0.1) is 0 Å². The third-order valence-corrected chi connectivity index (χ3v) is 2.93. The lowest BCUT2D eigenvalue weighted by molar-refractivity contribution is -0.142. The van der Waals surface area contributed by atoms with Crippen LogP contribution in [0.2, 0.25) is 0 Å². The molecule has 5 nitrogen and oxygen atoms in total. The van der Waals surface area contributed by atoms with Gasteiger partial charge in [-0.2, -0.15) is 0 Å². The Morgan fingerprint density at radius 1 is 1.53 bits per heavy atom. The fraction of sp³-hybridized carbons (Fsp3) is 0.364. The summed E-state index contributed by atoms with van der Waals surface area (Å²) < 4.78 is 4.86. The Morgan fingerprint density at radius 2 is 2.24 bits per heavy atom. The third kappa shape index (κ3) is 4.07. The summed E-state index contributed by atoms with van der Waals surface area (Å²) in [5.41, 5.74) is 0.123. The zero-order chi connectivity index (χ0) is 12.8. The molecule has 6 heteroatoms. The standard InChI is InChI=1S/C11H13NO4S/c1-3-16-11(15)7(2)17-9-5-4-8(6-12-9)10(13)14/h4-7H,3H2,1-2H3,(H,13,14). The van der Waals surface area contributed by atoms with Crippen molar-refractivity contribution in [3.05, 3.63) is 23.9 Å². The number of rotatable bonds is 5. The monoisotopic (exact) mass is 255 g/mol. The van der Waals surface area contributed by atoms with E-state index in [1.54, 1.807) is 19.9 Å². The minimum absolute atomic E-state index is 0.123. The zero-order valence-corrected chi connectivity index (χ0v) is 10.4. The second kappa shape index (κ2) is 6.24. The van der Waals surface area contributed by atoms with E-state index < -0.39 is 5.97 Å². The van der Waals surface area contributed by atoms with Crippen LogP contribution in [0.5, 0.6) is 0 Å². The van der Waals surface area contributed by atoms with Gasteiger partial charge in [0.15, 0.2) is 0 Å². The molecule has 1 unspecified atom stereocenters.